The van der Waals surface area contributed by atoms with Crippen molar-refractivity contribution in [2.24, 2.45) is 22.8 Å². The molecule has 4 rings (SSSR count). The van der Waals surface area contributed by atoms with Gasteiger partial charge in [-0.25, -0.2) is 0 Å². The van der Waals surface area contributed by atoms with Crippen LogP contribution in [0.1, 0.15) is 31.2 Å². The Morgan fingerprint density at radius 3 is 2.51 bits per heavy atom. The van der Waals surface area contributed by atoms with Gasteiger partial charge in [0.1, 0.15) is 0 Å². The largest absolute Gasteiger partial charge is 0.368 e. The van der Waals surface area contributed by atoms with Crippen molar-refractivity contribution in [1.29, 1.82) is 0 Å². The summed E-state index contributed by atoms with van der Waals surface area (Å²) in [5, 5.41) is 3.09. The fourth-order valence-corrected chi connectivity index (χ4v) is 5.63. The SMILES string of the molecule is CN1C(=O)CC[C@@H]1CNC(=O)C1CN(Cc2ccccc2)CC12CN(C(=O)CC[C@H](N)C(N)=O)C2. The zero-order chi connectivity index (χ0) is 25.2. The Kier molecular flexibility index (Phi) is 7.42. The van der Waals surface area contributed by atoms with Gasteiger partial charge in [-0.3, -0.25) is 24.1 Å². The molecule has 10 nitrogen and oxygen atoms in total. The molecule has 1 aromatic rings. The Morgan fingerprint density at radius 2 is 1.89 bits per heavy atom. The van der Waals surface area contributed by atoms with Crippen LogP contribution >= 0.6 is 0 Å². The minimum absolute atomic E-state index is 0.0174. The third-order valence-electron chi connectivity index (χ3n) is 7.83. The van der Waals surface area contributed by atoms with E-state index in [1.54, 1.807) is 16.8 Å². The van der Waals surface area contributed by atoms with E-state index in [1.807, 2.05) is 18.2 Å². The van der Waals surface area contributed by atoms with Crippen LogP contribution in [0.4, 0.5) is 0 Å². The fourth-order valence-electron chi connectivity index (χ4n) is 5.63. The molecule has 4 amide bonds. The molecular weight excluding hydrogens is 448 g/mol. The fraction of sp³-hybridized carbons (Fsp3) is 0.600. The molecule has 3 fully saturated rings. The van der Waals surface area contributed by atoms with Crippen LogP contribution in [0.15, 0.2) is 30.3 Å². The van der Waals surface area contributed by atoms with Crippen LogP contribution in [0.2, 0.25) is 0 Å². The normalized spacial score (nSPS) is 24.5. The Hall–Kier alpha value is -2.98. The van der Waals surface area contributed by atoms with Gasteiger partial charge in [-0.2, -0.15) is 0 Å². The predicted molar refractivity (Wildman–Crippen MR) is 129 cm³/mol. The number of hydrogen-bond acceptors (Lipinski definition) is 6. The number of carbonyl (C=O) groups excluding carboxylic acids is 4. The highest BCUT2D eigenvalue weighted by molar-refractivity contribution is 5.84. The van der Waals surface area contributed by atoms with E-state index >= 15 is 0 Å². The van der Waals surface area contributed by atoms with Gasteiger partial charge in [0.15, 0.2) is 0 Å². The van der Waals surface area contributed by atoms with E-state index in [4.69, 9.17) is 11.5 Å². The lowest BCUT2D eigenvalue weighted by atomic mass is 9.71. The summed E-state index contributed by atoms with van der Waals surface area (Å²) in [4.78, 5) is 54.8. The molecule has 3 heterocycles. The number of carbonyl (C=O) groups is 4. The number of benzene rings is 1. The summed E-state index contributed by atoms with van der Waals surface area (Å²) >= 11 is 0. The summed E-state index contributed by atoms with van der Waals surface area (Å²) in [6.07, 6.45) is 1.65. The Bertz CT molecular complexity index is 964. The van der Waals surface area contributed by atoms with Crippen molar-refractivity contribution in [2.45, 2.75) is 44.3 Å². The molecule has 1 unspecified atom stereocenters. The van der Waals surface area contributed by atoms with Crippen LogP contribution in [0.5, 0.6) is 0 Å². The van der Waals surface area contributed by atoms with E-state index in [9.17, 15) is 19.2 Å². The van der Waals surface area contributed by atoms with Gasteiger partial charge in [0.2, 0.25) is 23.6 Å². The van der Waals surface area contributed by atoms with Crippen molar-refractivity contribution >= 4 is 23.6 Å². The lowest BCUT2D eigenvalue weighted by Gasteiger charge is -2.50. The first-order chi connectivity index (χ1) is 16.7. The molecule has 3 aliphatic heterocycles. The van der Waals surface area contributed by atoms with Crippen LogP contribution in [0.25, 0.3) is 0 Å². The minimum Gasteiger partial charge on any atom is -0.368 e. The van der Waals surface area contributed by atoms with Crippen LogP contribution < -0.4 is 16.8 Å². The second-order valence-electron chi connectivity index (χ2n) is 10.3. The van der Waals surface area contributed by atoms with E-state index in [1.165, 1.54) is 5.56 Å². The molecule has 3 atom stereocenters. The molecule has 10 heteroatoms. The Labute approximate surface area is 206 Å². The summed E-state index contributed by atoms with van der Waals surface area (Å²) in [6.45, 7) is 3.54. The number of nitrogens with one attached hydrogen (secondary N) is 1. The van der Waals surface area contributed by atoms with Crippen molar-refractivity contribution in [1.82, 2.24) is 20.0 Å². The third kappa shape index (κ3) is 5.48. The van der Waals surface area contributed by atoms with Crippen LogP contribution in [-0.4, -0.2) is 90.2 Å². The monoisotopic (exact) mass is 484 g/mol. The molecule has 35 heavy (non-hydrogen) atoms. The zero-order valence-electron chi connectivity index (χ0n) is 20.3. The molecule has 3 saturated heterocycles. The number of likely N-dealkylation sites (N-methyl/N-ethyl adjacent to an activating group) is 1. The molecular formula is C25H36N6O4. The molecule has 1 aromatic carbocycles. The van der Waals surface area contributed by atoms with Crippen LogP contribution in [0, 0.1) is 11.3 Å². The van der Waals surface area contributed by atoms with Gasteiger partial charge in [0, 0.05) is 70.6 Å². The van der Waals surface area contributed by atoms with Gasteiger partial charge in [0.05, 0.1) is 12.0 Å². The van der Waals surface area contributed by atoms with Gasteiger partial charge in [-0.05, 0) is 18.4 Å². The van der Waals surface area contributed by atoms with E-state index in [-0.39, 0.29) is 47.9 Å². The highest BCUT2D eigenvalue weighted by atomic mass is 16.2. The molecule has 3 aliphatic rings. The van der Waals surface area contributed by atoms with E-state index in [0.29, 0.717) is 32.6 Å². The number of amides is 4. The topological polar surface area (TPSA) is 142 Å². The highest BCUT2D eigenvalue weighted by Gasteiger charge is 2.57. The second-order valence-corrected chi connectivity index (χ2v) is 10.3. The summed E-state index contributed by atoms with van der Waals surface area (Å²) in [6, 6.07) is 9.34. The van der Waals surface area contributed by atoms with E-state index < -0.39 is 11.9 Å². The minimum atomic E-state index is -0.832. The van der Waals surface area contributed by atoms with Gasteiger partial charge in [-0.1, -0.05) is 30.3 Å². The molecule has 1 spiro atoms. The van der Waals surface area contributed by atoms with Crippen molar-refractivity contribution in [2.75, 3.05) is 39.8 Å². The molecule has 5 N–H and O–H groups in total. The average Bonchev–Trinajstić information content (AvgIpc) is 3.35. The highest BCUT2D eigenvalue weighted by Crippen LogP contribution is 2.45. The second kappa shape index (κ2) is 10.3. The maximum atomic E-state index is 13.4. The van der Waals surface area contributed by atoms with Crippen molar-refractivity contribution < 1.29 is 19.2 Å². The number of likely N-dealkylation sites (tertiary alicyclic amines) is 3. The summed E-state index contributed by atoms with van der Waals surface area (Å²) in [7, 11) is 1.78. The first-order valence-corrected chi connectivity index (χ1v) is 12.3. The first-order valence-electron chi connectivity index (χ1n) is 12.3. The lowest BCUT2D eigenvalue weighted by molar-refractivity contribution is -0.150. The van der Waals surface area contributed by atoms with Gasteiger partial charge in [0.25, 0.3) is 0 Å². The third-order valence-corrected chi connectivity index (χ3v) is 7.83. The number of nitrogens with zero attached hydrogens (tertiary/aromatic N) is 3. The molecule has 0 radical (unpaired) electrons. The Morgan fingerprint density at radius 1 is 1.17 bits per heavy atom. The maximum Gasteiger partial charge on any atom is 0.234 e. The van der Waals surface area contributed by atoms with Crippen LogP contribution in [-0.2, 0) is 25.7 Å². The lowest BCUT2D eigenvalue weighted by Crippen LogP contribution is -2.64. The van der Waals surface area contributed by atoms with Crippen molar-refractivity contribution in [3.63, 3.8) is 0 Å². The number of rotatable bonds is 9. The van der Waals surface area contributed by atoms with Crippen molar-refractivity contribution in [3.8, 4) is 0 Å². The van der Waals surface area contributed by atoms with E-state index in [2.05, 4.69) is 22.3 Å². The molecule has 0 bridgehead atoms. The molecule has 190 valence electrons. The number of primary amides is 1. The zero-order valence-corrected chi connectivity index (χ0v) is 20.3. The van der Waals surface area contributed by atoms with Gasteiger partial charge in [-0.15, -0.1) is 0 Å². The summed E-state index contributed by atoms with van der Waals surface area (Å²) < 4.78 is 0. The van der Waals surface area contributed by atoms with Crippen molar-refractivity contribution in [3.05, 3.63) is 35.9 Å². The van der Waals surface area contributed by atoms with Gasteiger partial charge >= 0.3 is 0 Å². The average molecular weight is 485 g/mol. The first kappa shape index (κ1) is 25.1. The molecule has 0 aromatic heterocycles. The predicted octanol–water partition coefficient (Wildman–Crippen LogP) is -0.723. The maximum absolute atomic E-state index is 13.4. The standard InChI is InChI=1S/C25H36N6O4/c1-29-18(7-9-21(29)32)11-28-24(35)19-13-30(12-17-5-3-2-4-6-17)14-25(19)15-31(16-25)22(33)10-8-20(26)23(27)34/h2-6,18-20H,7-16,26H2,1H3,(H2,27,34)(H,28,35)/t18-,19?,20+/m1/s1. The summed E-state index contributed by atoms with van der Waals surface area (Å²) in [5.74, 6) is -0.836. The number of nitrogens with two attached hydrogens (primary N) is 2. The molecule has 0 saturated carbocycles. The smallest absolute Gasteiger partial charge is 0.234 e. The Balaban J connectivity index is 1.39. The summed E-state index contributed by atoms with van der Waals surface area (Å²) in [5.41, 5.74) is 11.7. The van der Waals surface area contributed by atoms with E-state index in [0.717, 1.165) is 19.5 Å². The quantitative estimate of drug-likeness (QED) is 0.422. The molecule has 0 aliphatic carbocycles. The van der Waals surface area contributed by atoms with Crippen LogP contribution in [0.3, 0.4) is 0 Å². The van der Waals surface area contributed by atoms with Gasteiger partial charge < -0.3 is 26.6 Å². The number of hydrogen-bond donors (Lipinski definition) is 3.